The summed E-state index contributed by atoms with van der Waals surface area (Å²) < 4.78 is 26.7. The summed E-state index contributed by atoms with van der Waals surface area (Å²) >= 11 is 0. The molecule has 2 aromatic carbocycles. The maximum Gasteiger partial charge on any atom is 0.159 e. The highest BCUT2D eigenvalue weighted by atomic mass is 19.2. The highest BCUT2D eigenvalue weighted by Crippen LogP contribution is 2.44. The normalized spacial score (nSPS) is 28.0. The van der Waals surface area contributed by atoms with Crippen molar-refractivity contribution in [3.63, 3.8) is 0 Å². The molecule has 0 N–H and O–H groups in total. The van der Waals surface area contributed by atoms with Gasteiger partial charge in [-0.1, -0.05) is 42.5 Å². The van der Waals surface area contributed by atoms with Crippen LogP contribution in [0.3, 0.4) is 0 Å². The minimum absolute atomic E-state index is 0.643. The highest BCUT2D eigenvalue weighted by molar-refractivity contribution is 5.63. The third-order valence-electron chi connectivity index (χ3n) is 7.35. The van der Waals surface area contributed by atoms with Crippen LogP contribution in [0.5, 0.6) is 0 Å². The Morgan fingerprint density at radius 3 is 1.86 bits per heavy atom. The number of benzene rings is 2. The van der Waals surface area contributed by atoms with Crippen LogP contribution in [0.25, 0.3) is 11.1 Å². The van der Waals surface area contributed by atoms with Gasteiger partial charge in [-0.2, -0.15) is 0 Å². The second kappa shape index (κ2) is 9.24. The molecule has 0 nitrogen and oxygen atoms in total. The fourth-order valence-electron chi connectivity index (χ4n) is 5.63. The molecule has 0 saturated heterocycles. The van der Waals surface area contributed by atoms with Crippen LogP contribution in [-0.4, -0.2) is 0 Å². The van der Waals surface area contributed by atoms with Crippen LogP contribution in [0.15, 0.2) is 54.6 Å². The van der Waals surface area contributed by atoms with Crippen LogP contribution in [0.1, 0.15) is 69.8 Å². The van der Waals surface area contributed by atoms with Crippen LogP contribution in [0.2, 0.25) is 0 Å². The number of halogens is 2. The first-order chi connectivity index (χ1) is 14.1. The number of rotatable bonds is 4. The second-order valence-corrected chi connectivity index (χ2v) is 9.06. The molecule has 0 unspecified atom stereocenters. The first-order valence-electron chi connectivity index (χ1n) is 11.3. The van der Waals surface area contributed by atoms with Gasteiger partial charge in [-0.05, 0) is 111 Å². The molecule has 0 bridgehead atoms. The maximum absolute atomic E-state index is 13.5. The molecule has 29 heavy (non-hydrogen) atoms. The van der Waals surface area contributed by atoms with Gasteiger partial charge in [0.2, 0.25) is 0 Å². The first kappa shape index (κ1) is 20.3. The zero-order chi connectivity index (χ0) is 20.2. The lowest BCUT2D eigenvalue weighted by Crippen LogP contribution is -2.25. The lowest BCUT2D eigenvalue weighted by atomic mass is 9.68. The SMILES string of the molecule is CC=CC1CCC(C2CCC(c3ccc(-c4ccc(F)c(F)c4)cc3)CC2)CC1. The van der Waals surface area contributed by atoms with Crippen molar-refractivity contribution in [3.8, 4) is 11.1 Å². The van der Waals surface area contributed by atoms with Gasteiger partial charge in [0.05, 0.1) is 0 Å². The van der Waals surface area contributed by atoms with E-state index in [-0.39, 0.29) is 0 Å². The van der Waals surface area contributed by atoms with Crippen LogP contribution in [-0.2, 0) is 0 Å². The van der Waals surface area contributed by atoms with Crippen LogP contribution in [0.4, 0.5) is 8.78 Å². The van der Waals surface area contributed by atoms with Gasteiger partial charge in [-0.15, -0.1) is 0 Å². The van der Waals surface area contributed by atoms with Crippen LogP contribution < -0.4 is 0 Å². The summed E-state index contributed by atoms with van der Waals surface area (Å²) in [6.07, 6.45) is 15.5. The van der Waals surface area contributed by atoms with E-state index in [1.807, 2.05) is 0 Å². The average Bonchev–Trinajstić information content (AvgIpc) is 2.77. The zero-order valence-electron chi connectivity index (χ0n) is 17.4. The van der Waals surface area contributed by atoms with Crippen molar-refractivity contribution in [1.29, 1.82) is 0 Å². The summed E-state index contributed by atoms with van der Waals surface area (Å²) in [6.45, 7) is 2.14. The minimum atomic E-state index is -0.794. The summed E-state index contributed by atoms with van der Waals surface area (Å²) in [7, 11) is 0. The summed E-state index contributed by atoms with van der Waals surface area (Å²) in [5, 5.41) is 0. The smallest absolute Gasteiger partial charge is 0.159 e. The molecular weight excluding hydrogens is 362 g/mol. The Labute approximate surface area is 174 Å². The minimum Gasteiger partial charge on any atom is -0.204 e. The van der Waals surface area contributed by atoms with E-state index in [4.69, 9.17) is 0 Å². The van der Waals surface area contributed by atoms with Gasteiger partial charge in [-0.25, -0.2) is 8.78 Å². The Bertz CT molecular complexity index is 820. The molecule has 0 spiro atoms. The first-order valence-corrected chi connectivity index (χ1v) is 11.3. The summed E-state index contributed by atoms with van der Waals surface area (Å²) in [6, 6.07) is 12.6. The predicted octanol–water partition coefficient (Wildman–Crippen LogP) is 8.29. The Kier molecular flexibility index (Phi) is 6.47. The number of hydrogen-bond donors (Lipinski definition) is 0. The number of allylic oxidation sites excluding steroid dienone is 2. The van der Waals surface area contributed by atoms with E-state index in [9.17, 15) is 8.78 Å². The summed E-state index contributed by atoms with van der Waals surface area (Å²) in [4.78, 5) is 0. The predicted molar refractivity (Wildman–Crippen MR) is 117 cm³/mol. The van der Waals surface area contributed by atoms with E-state index in [1.54, 1.807) is 6.07 Å². The molecule has 0 aromatic heterocycles. The van der Waals surface area contributed by atoms with Gasteiger partial charge < -0.3 is 0 Å². The molecule has 2 aliphatic rings. The van der Waals surface area contributed by atoms with Gasteiger partial charge in [-0.3, -0.25) is 0 Å². The Balaban J connectivity index is 1.32. The van der Waals surface area contributed by atoms with Crippen LogP contribution >= 0.6 is 0 Å². The van der Waals surface area contributed by atoms with Crippen molar-refractivity contribution in [3.05, 3.63) is 71.8 Å². The molecule has 2 aromatic rings. The van der Waals surface area contributed by atoms with Crippen molar-refractivity contribution in [1.82, 2.24) is 0 Å². The molecule has 4 rings (SSSR count). The van der Waals surface area contributed by atoms with E-state index in [2.05, 4.69) is 43.3 Å². The van der Waals surface area contributed by atoms with E-state index >= 15 is 0 Å². The standard InChI is InChI=1S/C27H32F2/c1-2-3-19-4-6-20(7-5-19)21-8-10-22(11-9-21)23-12-14-24(15-13-23)25-16-17-26(28)27(29)18-25/h2-3,12-22H,4-11H2,1H3. The summed E-state index contributed by atoms with van der Waals surface area (Å²) in [5.41, 5.74) is 3.07. The third kappa shape index (κ3) is 4.79. The Morgan fingerprint density at radius 2 is 1.28 bits per heavy atom. The van der Waals surface area contributed by atoms with E-state index in [0.717, 1.165) is 28.9 Å². The molecule has 2 aliphatic carbocycles. The number of hydrogen-bond acceptors (Lipinski definition) is 0. The quantitative estimate of drug-likeness (QED) is 0.458. The van der Waals surface area contributed by atoms with Gasteiger partial charge in [0.1, 0.15) is 0 Å². The molecular formula is C27H32F2. The zero-order valence-corrected chi connectivity index (χ0v) is 17.4. The molecule has 0 heterocycles. The van der Waals surface area contributed by atoms with Crippen molar-refractivity contribution >= 4 is 0 Å². The van der Waals surface area contributed by atoms with Gasteiger partial charge in [0.25, 0.3) is 0 Å². The summed E-state index contributed by atoms with van der Waals surface area (Å²) in [5.74, 6) is 1.74. The lowest BCUT2D eigenvalue weighted by Gasteiger charge is -2.37. The van der Waals surface area contributed by atoms with Gasteiger partial charge >= 0.3 is 0 Å². The molecule has 0 atom stereocenters. The molecule has 0 amide bonds. The maximum atomic E-state index is 13.5. The van der Waals surface area contributed by atoms with E-state index < -0.39 is 11.6 Å². The third-order valence-corrected chi connectivity index (χ3v) is 7.35. The Morgan fingerprint density at radius 1 is 0.690 bits per heavy atom. The van der Waals surface area contributed by atoms with Gasteiger partial charge in [0, 0.05) is 0 Å². The fraction of sp³-hybridized carbons (Fsp3) is 0.481. The molecule has 0 radical (unpaired) electrons. The lowest BCUT2D eigenvalue weighted by molar-refractivity contribution is 0.171. The molecule has 2 heteroatoms. The molecule has 2 saturated carbocycles. The van der Waals surface area contributed by atoms with E-state index in [0.29, 0.717) is 5.92 Å². The van der Waals surface area contributed by atoms with E-state index in [1.165, 1.54) is 69.1 Å². The van der Waals surface area contributed by atoms with Crippen molar-refractivity contribution in [2.24, 2.45) is 17.8 Å². The molecule has 154 valence electrons. The van der Waals surface area contributed by atoms with Crippen molar-refractivity contribution in [2.75, 3.05) is 0 Å². The fourth-order valence-corrected chi connectivity index (χ4v) is 5.63. The van der Waals surface area contributed by atoms with Crippen molar-refractivity contribution < 1.29 is 8.78 Å². The van der Waals surface area contributed by atoms with Gasteiger partial charge in [0.15, 0.2) is 11.6 Å². The van der Waals surface area contributed by atoms with Crippen LogP contribution in [0, 0.1) is 29.4 Å². The highest BCUT2D eigenvalue weighted by Gasteiger charge is 2.30. The Hall–Kier alpha value is -1.96. The molecule has 0 aliphatic heterocycles. The largest absolute Gasteiger partial charge is 0.204 e. The molecule has 2 fully saturated rings. The monoisotopic (exact) mass is 394 g/mol. The second-order valence-electron chi connectivity index (χ2n) is 9.06. The average molecular weight is 395 g/mol. The van der Waals surface area contributed by atoms with Crippen molar-refractivity contribution in [2.45, 2.75) is 64.2 Å². The topological polar surface area (TPSA) is 0 Å².